The summed E-state index contributed by atoms with van der Waals surface area (Å²) in [6.45, 7) is 0. The molecule has 1 aromatic carbocycles. The first-order valence-electron chi connectivity index (χ1n) is 4.05. The molecule has 0 saturated heterocycles. The van der Waals surface area contributed by atoms with Crippen LogP contribution in [-0.2, 0) is 0 Å². The molecule has 0 saturated carbocycles. The molecule has 0 N–H and O–H groups in total. The van der Waals surface area contributed by atoms with Gasteiger partial charge in [-0.1, -0.05) is 35.3 Å². The predicted molar refractivity (Wildman–Crippen MR) is 58.5 cm³/mol. The summed E-state index contributed by atoms with van der Waals surface area (Å²) >= 11 is 11.5. The van der Waals surface area contributed by atoms with E-state index in [-0.39, 0.29) is 0 Å². The molecule has 0 fully saturated rings. The lowest BCUT2D eigenvalue weighted by molar-refractivity contribution is 1.32. The number of nitrogens with zero attached hydrogens (tertiary/aromatic N) is 1. The molecule has 1 nitrogen and oxygen atoms in total. The molecule has 14 heavy (non-hydrogen) atoms. The summed E-state index contributed by atoms with van der Waals surface area (Å²) < 4.78 is 0. The first-order valence-corrected chi connectivity index (χ1v) is 4.80. The van der Waals surface area contributed by atoms with Gasteiger partial charge in [0.2, 0.25) is 0 Å². The number of rotatable bonds is 1. The van der Waals surface area contributed by atoms with E-state index in [0.29, 0.717) is 10.2 Å². The summed E-state index contributed by atoms with van der Waals surface area (Å²) in [4.78, 5) is 3.95. The van der Waals surface area contributed by atoms with E-state index in [0.717, 1.165) is 11.1 Å². The maximum Gasteiger partial charge on any atom is 0.136 e. The first-order chi connectivity index (χ1) is 6.75. The van der Waals surface area contributed by atoms with E-state index in [9.17, 15) is 0 Å². The van der Waals surface area contributed by atoms with Crippen molar-refractivity contribution in [1.82, 2.24) is 4.98 Å². The highest BCUT2D eigenvalue weighted by Crippen LogP contribution is 2.22. The second-order valence-corrected chi connectivity index (χ2v) is 3.60. The Kier molecular flexibility index (Phi) is 2.71. The van der Waals surface area contributed by atoms with Crippen LogP contribution in [0.25, 0.3) is 11.1 Å². The maximum absolute atomic E-state index is 5.87. The molecule has 0 bridgehead atoms. The van der Waals surface area contributed by atoms with Gasteiger partial charge < -0.3 is 0 Å². The minimum Gasteiger partial charge on any atom is -0.243 e. The zero-order valence-corrected chi connectivity index (χ0v) is 8.68. The van der Waals surface area contributed by atoms with E-state index < -0.39 is 0 Å². The molecule has 0 spiro atoms. The summed E-state index contributed by atoms with van der Waals surface area (Å²) in [5.74, 6) is 0. The second-order valence-electron chi connectivity index (χ2n) is 2.80. The SMILES string of the molecule is Clc1cccc(-c2c[c]c(Cl)nc2)c1. The monoisotopic (exact) mass is 222 g/mol. The van der Waals surface area contributed by atoms with Crippen molar-refractivity contribution >= 4 is 23.2 Å². The van der Waals surface area contributed by atoms with Crippen LogP contribution in [0.4, 0.5) is 0 Å². The van der Waals surface area contributed by atoms with Crippen LogP contribution in [0.1, 0.15) is 0 Å². The first kappa shape index (κ1) is 9.50. The van der Waals surface area contributed by atoms with E-state index in [1.165, 1.54) is 0 Å². The largest absolute Gasteiger partial charge is 0.243 e. The third kappa shape index (κ3) is 2.06. The van der Waals surface area contributed by atoms with E-state index in [1.807, 2.05) is 24.3 Å². The Balaban J connectivity index is 2.44. The van der Waals surface area contributed by atoms with Crippen molar-refractivity contribution in [2.24, 2.45) is 0 Å². The van der Waals surface area contributed by atoms with Gasteiger partial charge in [-0.25, -0.2) is 4.98 Å². The zero-order valence-electron chi connectivity index (χ0n) is 7.17. The topological polar surface area (TPSA) is 12.9 Å². The van der Waals surface area contributed by atoms with E-state index >= 15 is 0 Å². The lowest BCUT2D eigenvalue weighted by Crippen LogP contribution is -1.80. The average molecular weight is 223 g/mol. The lowest BCUT2D eigenvalue weighted by atomic mass is 10.1. The Bertz CT molecular complexity index is 437. The molecule has 2 rings (SSSR count). The van der Waals surface area contributed by atoms with E-state index in [2.05, 4.69) is 11.1 Å². The highest BCUT2D eigenvalue weighted by Gasteiger charge is 1.98. The van der Waals surface area contributed by atoms with Crippen molar-refractivity contribution in [2.75, 3.05) is 0 Å². The third-order valence-electron chi connectivity index (χ3n) is 1.82. The third-order valence-corrected chi connectivity index (χ3v) is 2.26. The van der Waals surface area contributed by atoms with E-state index in [1.54, 1.807) is 12.3 Å². The lowest BCUT2D eigenvalue weighted by Gasteiger charge is -2.00. The van der Waals surface area contributed by atoms with Crippen molar-refractivity contribution in [3.05, 3.63) is 52.8 Å². The Hall–Kier alpha value is -1.05. The molecule has 1 heterocycles. The van der Waals surface area contributed by atoms with Gasteiger partial charge >= 0.3 is 0 Å². The van der Waals surface area contributed by atoms with Crippen LogP contribution in [0, 0.1) is 6.07 Å². The quantitative estimate of drug-likeness (QED) is 0.669. The van der Waals surface area contributed by atoms with Crippen LogP contribution < -0.4 is 0 Å². The Morgan fingerprint density at radius 2 is 2.00 bits per heavy atom. The normalized spacial score (nSPS) is 10.1. The van der Waals surface area contributed by atoms with Crippen LogP contribution in [-0.4, -0.2) is 4.98 Å². The van der Waals surface area contributed by atoms with E-state index in [4.69, 9.17) is 23.2 Å². The van der Waals surface area contributed by atoms with Crippen molar-refractivity contribution in [2.45, 2.75) is 0 Å². The molecule has 0 aliphatic heterocycles. The van der Waals surface area contributed by atoms with Gasteiger partial charge in [0.25, 0.3) is 0 Å². The molecule has 69 valence electrons. The molecule has 3 heteroatoms. The number of hydrogen-bond donors (Lipinski definition) is 0. The highest BCUT2D eigenvalue weighted by molar-refractivity contribution is 6.31. The Morgan fingerprint density at radius 1 is 1.14 bits per heavy atom. The minimum absolute atomic E-state index is 0.371. The molecular weight excluding hydrogens is 217 g/mol. The molecule has 0 atom stereocenters. The predicted octanol–water partition coefficient (Wildman–Crippen LogP) is 3.86. The van der Waals surface area contributed by atoms with Gasteiger partial charge in [-0.15, -0.1) is 0 Å². The van der Waals surface area contributed by atoms with Gasteiger partial charge in [-0.05, 0) is 23.8 Å². The van der Waals surface area contributed by atoms with Crippen LogP contribution in [0.2, 0.25) is 10.2 Å². The van der Waals surface area contributed by atoms with Crippen molar-refractivity contribution in [3.8, 4) is 11.1 Å². The smallest absolute Gasteiger partial charge is 0.136 e. The molecule has 0 amide bonds. The molecule has 0 unspecified atom stereocenters. The summed E-state index contributed by atoms with van der Waals surface area (Å²) in [5, 5.41) is 1.08. The number of pyridine rings is 1. The fourth-order valence-corrected chi connectivity index (χ4v) is 1.46. The fourth-order valence-electron chi connectivity index (χ4n) is 1.16. The molecule has 1 aromatic heterocycles. The number of benzene rings is 1. The zero-order chi connectivity index (χ0) is 9.97. The minimum atomic E-state index is 0.371. The van der Waals surface area contributed by atoms with Crippen molar-refractivity contribution < 1.29 is 0 Å². The summed E-state index contributed by atoms with van der Waals surface area (Å²) in [6.07, 6.45) is 1.70. The van der Waals surface area contributed by atoms with Gasteiger partial charge in [-0.2, -0.15) is 0 Å². The van der Waals surface area contributed by atoms with Crippen molar-refractivity contribution in [1.29, 1.82) is 0 Å². The molecular formula is C11H6Cl2N. The van der Waals surface area contributed by atoms with Crippen LogP contribution in [0.5, 0.6) is 0 Å². The highest BCUT2D eigenvalue weighted by atomic mass is 35.5. The summed E-state index contributed by atoms with van der Waals surface area (Å²) in [6, 6.07) is 12.2. The molecule has 0 aliphatic rings. The van der Waals surface area contributed by atoms with Gasteiger partial charge in [0.05, 0.1) is 0 Å². The Labute approximate surface area is 92.3 Å². The number of hydrogen-bond acceptors (Lipinski definition) is 1. The molecule has 2 aromatic rings. The maximum atomic E-state index is 5.87. The summed E-state index contributed by atoms with van der Waals surface area (Å²) in [7, 11) is 0. The van der Waals surface area contributed by atoms with Crippen LogP contribution >= 0.6 is 23.2 Å². The molecule has 0 aliphatic carbocycles. The number of aromatic nitrogens is 1. The average Bonchev–Trinajstić information content (AvgIpc) is 2.19. The van der Waals surface area contributed by atoms with Gasteiger partial charge in [0.1, 0.15) is 5.15 Å². The molecule has 1 radical (unpaired) electrons. The number of halogens is 2. The second kappa shape index (κ2) is 3.99. The van der Waals surface area contributed by atoms with Crippen molar-refractivity contribution in [3.63, 3.8) is 0 Å². The van der Waals surface area contributed by atoms with Gasteiger partial charge in [-0.3, -0.25) is 0 Å². The van der Waals surface area contributed by atoms with Gasteiger partial charge in [0.15, 0.2) is 0 Å². The van der Waals surface area contributed by atoms with Gasteiger partial charge in [0, 0.05) is 22.8 Å². The summed E-state index contributed by atoms with van der Waals surface area (Å²) in [5.41, 5.74) is 1.97. The standard InChI is InChI=1S/C11H6Cl2N/c12-10-3-1-2-8(6-10)9-4-5-11(13)14-7-9/h1-4,6-7H. The Morgan fingerprint density at radius 3 is 2.64 bits per heavy atom. The van der Waals surface area contributed by atoms with Crippen LogP contribution in [0.15, 0.2) is 36.5 Å². The van der Waals surface area contributed by atoms with Crippen LogP contribution in [0.3, 0.4) is 0 Å². The fraction of sp³-hybridized carbons (Fsp3) is 0.